The van der Waals surface area contributed by atoms with E-state index in [4.69, 9.17) is 0 Å². The highest BCUT2D eigenvalue weighted by molar-refractivity contribution is 7.07. The molecule has 3 heterocycles. The average molecular weight is 243 g/mol. The second-order valence-corrected chi connectivity index (χ2v) is 4.15. The molecule has 0 fully saturated rings. The summed E-state index contributed by atoms with van der Waals surface area (Å²) in [4.78, 5) is 16.9. The minimum atomic E-state index is 0.649. The Kier molecular flexibility index (Phi) is 2.63. The molecule has 1 N–H and O–H groups in total. The highest BCUT2D eigenvalue weighted by Crippen LogP contribution is 2.11. The van der Waals surface area contributed by atoms with Crippen LogP contribution in [0.5, 0.6) is 0 Å². The van der Waals surface area contributed by atoms with Gasteiger partial charge in [0.05, 0.1) is 17.7 Å². The lowest BCUT2D eigenvalue weighted by Crippen LogP contribution is -2.02. The van der Waals surface area contributed by atoms with Crippen LogP contribution >= 0.6 is 11.3 Å². The molecule has 0 unspecified atom stereocenters. The molecule has 3 aromatic heterocycles. The molecule has 3 aromatic rings. The molecule has 0 bridgehead atoms. The molecule has 0 aromatic carbocycles. The van der Waals surface area contributed by atoms with Crippen LogP contribution in [0.25, 0.3) is 11.2 Å². The fourth-order valence-electron chi connectivity index (χ4n) is 1.46. The van der Waals surface area contributed by atoms with E-state index in [0.29, 0.717) is 12.2 Å². The Balaban J connectivity index is 1.81. The molecule has 6 heteroatoms. The van der Waals surface area contributed by atoms with Gasteiger partial charge in [-0.25, -0.2) is 15.0 Å². The predicted octanol–water partition coefficient (Wildman–Crippen LogP) is 2.09. The van der Waals surface area contributed by atoms with E-state index in [9.17, 15) is 0 Å². The van der Waals surface area contributed by atoms with Crippen molar-refractivity contribution in [2.75, 3.05) is 5.32 Å². The number of thiazole rings is 1. The monoisotopic (exact) mass is 243 g/mol. The van der Waals surface area contributed by atoms with E-state index in [1.807, 2.05) is 23.0 Å². The van der Waals surface area contributed by atoms with Gasteiger partial charge in [0.2, 0.25) is 0 Å². The van der Waals surface area contributed by atoms with E-state index in [1.165, 1.54) is 0 Å². The molecule has 0 aliphatic carbocycles. The molecule has 5 nitrogen and oxygen atoms in total. The standard InChI is InChI=1S/C11H9N5S/c1-2-10(14-5-8-6-17-7-15-8)16-11-9(1)12-3-4-13-11/h1-4,6-7H,5H2,(H,13,14,16). The van der Waals surface area contributed by atoms with Crippen LogP contribution in [-0.4, -0.2) is 19.9 Å². The van der Waals surface area contributed by atoms with E-state index in [0.717, 1.165) is 17.0 Å². The highest BCUT2D eigenvalue weighted by atomic mass is 32.1. The Morgan fingerprint density at radius 3 is 2.94 bits per heavy atom. The SMILES string of the molecule is c1cnc2nc(NCc3cscn3)ccc2n1. The smallest absolute Gasteiger partial charge is 0.180 e. The quantitative estimate of drug-likeness (QED) is 0.763. The lowest BCUT2D eigenvalue weighted by Gasteiger charge is -2.03. The first-order valence-electron chi connectivity index (χ1n) is 5.10. The molecule has 17 heavy (non-hydrogen) atoms. The minimum Gasteiger partial charge on any atom is -0.364 e. The summed E-state index contributed by atoms with van der Waals surface area (Å²) in [5, 5.41) is 5.21. The number of hydrogen-bond acceptors (Lipinski definition) is 6. The second-order valence-electron chi connectivity index (χ2n) is 3.43. The van der Waals surface area contributed by atoms with Crippen LogP contribution in [0.4, 0.5) is 5.82 Å². The van der Waals surface area contributed by atoms with Crippen molar-refractivity contribution in [1.82, 2.24) is 19.9 Å². The summed E-state index contributed by atoms with van der Waals surface area (Å²) >= 11 is 1.58. The van der Waals surface area contributed by atoms with Crippen molar-refractivity contribution in [3.05, 3.63) is 41.1 Å². The Morgan fingerprint density at radius 2 is 2.06 bits per heavy atom. The van der Waals surface area contributed by atoms with E-state index < -0.39 is 0 Å². The van der Waals surface area contributed by atoms with Gasteiger partial charge in [0.15, 0.2) is 5.65 Å². The number of aromatic nitrogens is 4. The van der Waals surface area contributed by atoms with Crippen molar-refractivity contribution in [2.45, 2.75) is 6.54 Å². The van der Waals surface area contributed by atoms with Crippen LogP contribution in [0.3, 0.4) is 0 Å². The molecule has 3 rings (SSSR count). The fourth-order valence-corrected chi connectivity index (χ4v) is 2.02. The van der Waals surface area contributed by atoms with Gasteiger partial charge in [-0.2, -0.15) is 0 Å². The van der Waals surface area contributed by atoms with Crippen LogP contribution in [0.1, 0.15) is 5.69 Å². The average Bonchev–Trinajstić information content (AvgIpc) is 2.89. The second kappa shape index (κ2) is 4.42. The van der Waals surface area contributed by atoms with Gasteiger partial charge in [-0.05, 0) is 12.1 Å². The summed E-state index contributed by atoms with van der Waals surface area (Å²) in [6.45, 7) is 0.669. The van der Waals surface area contributed by atoms with Gasteiger partial charge in [-0.15, -0.1) is 11.3 Å². The number of fused-ring (bicyclic) bond motifs is 1. The highest BCUT2D eigenvalue weighted by Gasteiger charge is 2.00. The minimum absolute atomic E-state index is 0.649. The largest absolute Gasteiger partial charge is 0.364 e. The van der Waals surface area contributed by atoms with E-state index >= 15 is 0 Å². The van der Waals surface area contributed by atoms with Crippen molar-refractivity contribution < 1.29 is 0 Å². The molecule has 0 amide bonds. The van der Waals surface area contributed by atoms with Gasteiger partial charge in [0, 0.05) is 17.8 Å². The Hall–Kier alpha value is -2.08. The predicted molar refractivity (Wildman–Crippen MR) is 66.8 cm³/mol. The normalized spacial score (nSPS) is 10.6. The molecule has 0 atom stereocenters. The third kappa shape index (κ3) is 2.21. The topological polar surface area (TPSA) is 63.6 Å². The maximum absolute atomic E-state index is 4.37. The maximum Gasteiger partial charge on any atom is 0.180 e. The van der Waals surface area contributed by atoms with Gasteiger partial charge in [0.1, 0.15) is 11.3 Å². The third-order valence-corrected chi connectivity index (χ3v) is 2.90. The van der Waals surface area contributed by atoms with Crippen LogP contribution in [-0.2, 0) is 6.54 Å². The maximum atomic E-state index is 4.37. The number of nitrogens with one attached hydrogen (secondary N) is 1. The summed E-state index contributed by atoms with van der Waals surface area (Å²) in [5.74, 6) is 0.783. The molecule has 0 saturated heterocycles. The van der Waals surface area contributed by atoms with Gasteiger partial charge < -0.3 is 5.32 Å². The zero-order chi connectivity index (χ0) is 11.5. The zero-order valence-corrected chi connectivity index (χ0v) is 9.68. The van der Waals surface area contributed by atoms with Crippen molar-refractivity contribution >= 4 is 28.3 Å². The summed E-state index contributed by atoms with van der Waals surface area (Å²) in [6, 6.07) is 3.79. The number of anilines is 1. The van der Waals surface area contributed by atoms with E-state index in [2.05, 4.69) is 25.3 Å². The van der Waals surface area contributed by atoms with Crippen molar-refractivity contribution in [3.63, 3.8) is 0 Å². The number of nitrogens with zero attached hydrogens (tertiary/aromatic N) is 4. The molecule has 0 aliphatic heterocycles. The zero-order valence-electron chi connectivity index (χ0n) is 8.87. The van der Waals surface area contributed by atoms with Crippen molar-refractivity contribution in [2.24, 2.45) is 0 Å². The van der Waals surface area contributed by atoms with Gasteiger partial charge in [0.25, 0.3) is 0 Å². The fraction of sp³-hybridized carbons (Fsp3) is 0.0909. The Labute approximate surface area is 102 Å². The summed E-state index contributed by atoms with van der Waals surface area (Å²) < 4.78 is 0. The summed E-state index contributed by atoms with van der Waals surface area (Å²) in [5.41, 5.74) is 4.27. The van der Waals surface area contributed by atoms with Crippen LogP contribution in [0.2, 0.25) is 0 Å². The van der Waals surface area contributed by atoms with Crippen molar-refractivity contribution in [3.8, 4) is 0 Å². The molecule has 0 radical (unpaired) electrons. The van der Waals surface area contributed by atoms with Crippen molar-refractivity contribution in [1.29, 1.82) is 0 Å². The molecular formula is C11H9N5S. The van der Waals surface area contributed by atoms with Crippen LogP contribution in [0, 0.1) is 0 Å². The third-order valence-electron chi connectivity index (χ3n) is 2.27. The first-order valence-corrected chi connectivity index (χ1v) is 6.05. The molecule has 0 spiro atoms. The molecular weight excluding hydrogens is 234 g/mol. The number of rotatable bonds is 3. The van der Waals surface area contributed by atoms with Gasteiger partial charge in [-0.3, -0.25) is 4.98 Å². The molecule has 84 valence electrons. The number of hydrogen-bond donors (Lipinski definition) is 1. The molecule has 0 aliphatic rings. The van der Waals surface area contributed by atoms with Gasteiger partial charge >= 0.3 is 0 Å². The van der Waals surface area contributed by atoms with E-state index in [-0.39, 0.29) is 0 Å². The van der Waals surface area contributed by atoms with Gasteiger partial charge in [-0.1, -0.05) is 0 Å². The Morgan fingerprint density at radius 1 is 1.12 bits per heavy atom. The number of pyridine rings is 1. The Bertz CT molecular complexity index is 623. The summed E-state index contributed by atoms with van der Waals surface area (Å²) in [7, 11) is 0. The lowest BCUT2D eigenvalue weighted by atomic mass is 10.4. The van der Waals surface area contributed by atoms with Crippen LogP contribution < -0.4 is 5.32 Å². The summed E-state index contributed by atoms with van der Waals surface area (Å²) in [6.07, 6.45) is 3.30. The molecule has 0 saturated carbocycles. The lowest BCUT2D eigenvalue weighted by molar-refractivity contribution is 1.05. The van der Waals surface area contributed by atoms with Crippen LogP contribution in [0.15, 0.2) is 35.4 Å². The first-order chi connectivity index (χ1) is 8.42. The van der Waals surface area contributed by atoms with E-state index in [1.54, 1.807) is 23.7 Å². The first kappa shape index (κ1) is 10.1.